The van der Waals surface area contributed by atoms with Gasteiger partial charge in [0.1, 0.15) is 6.29 Å². The molecule has 0 fully saturated rings. The van der Waals surface area contributed by atoms with Crippen LogP contribution in [0.1, 0.15) is 19.8 Å². The summed E-state index contributed by atoms with van der Waals surface area (Å²) in [6, 6.07) is -0.403. The maximum atomic E-state index is 10.8. The summed E-state index contributed by atoms with van der Waals surface area (Å²) >= 11 is 0. The zero-order chi connectivity index (χ0) is 8.69. The minimum atomic E-state index is -0.403. The minimum Gasteiger partial charge on any atom is -0.346 e. The van der Waals surface area contributed by atoms with E-state index >= 15 is 0 Å². The van der Waals surface area contributed by atoms with E-state index in [-0.39, 0.29) is 5.91 Å². The Kier molecular flexibility index (Phi) is 5.07. The van der Waals surface area contributed by atoms with E-state index in [1.807, 2.05) is 0 Å². The highest BCUT2D eigenvalue weighted by atomic mass is 16.2. The number of nitrogens with one attached hydrogen (secondary N) is 1. The quantitative estimate of drug-likeness (QED) is 0.468. The molecule has 1 atom stereocenters. The summed E-state index contributed by atoms with van der Waals surface area (Å²) in [4.78, 5) is 21.0. The third kappa shape index (κ3) is 4.31. The van der Waals surface area contributed by atoms with E-state index in [9.17, 15) is 9.59 Å². The van der Waals surface area contributed by atoms with E-state index in [0.29, 0.717) is 12.8 Å². The van der Waals surface area contributed by atoms with E-state index in [2.05, 4.69) is 11.9 Å². The molecule has 0 aliphatic heterocycles. The lowest BCUT2D eigenvalue weighted by molar-refractivity contribution is -0.123. The number of hydrogen-bond acceptors (Lipinski definition) is 2. The molecule has 0 aromatic carbocycles. The van der Waals surface area contributed by atoms with Crippen molar-refractivity contribution < 1.29 is 9.59 Å². The van der Waals surface area contributed by atoms with Crippen LogP contribution in [0.2, 0.25) is 0 Å². The highest BCUT2D eigenvalue weighted by molar-refractivity contribution is 5.79. The molecule has 0 bridgehead atoms. The highest BCUT2D eigenvalue weighted by Crippen LogP contribution is 1.89. The Labute approximate surface area is 66.5 Å². The molecule has 1 unspecified atom stereocenters. The van der Waals surface area contributed by atoms with Crippen LogP contribution in [0.15, 0.2) is 12.7 Å². The van der Waals surface area contributed by atoms with Gasteiger partial charge in [0.2, 0.25) is 5.91 Å². The van der Waals surface area contributed by atoms with Crippen molar-refractivity contribution in [2.45, 2.75) is 25.8 Å². The number of hydrogen-bond donors (Lipinski definition) is 1. The monoisotopic (exact) mass is 155 g/mol. The maximum Gasteiger partial charge on any atom is 0.220 e. The molecule has 0 aliphatic carbocycles. The maximum absolute atomic E-state index is 10.8. The Balaban J connectivity index is 3.76. The molecular formula is C8H13NO2. The fourth-order valence-electron chi connectivity index (χ4n) is 0.637. The molecule has 0 aliphatic rings. The van der Waals surface area contributed by atoms with Gasteiger partial charge in [0, 0.05) is 6.42 Å². The fraction of sp³-hybridized carbons (Fsp3) is 0.500. The molecule has 0 saturated carbocycles. The molecule has 1 N–H and O–H groups in total. The molecule has 62 valence electrons. The Hall–Kier alpha value is -1.12. The number of amides is 1. The van der Waals surface area contributed by atoms with Crippen LogP contribution in [0.4, 0.5) is 0 Å². The van der Waals surface area contributed by atoms with Gasteiger partial charge in [0.05, 0.1) is 6.04 Å². The van der Waals surface area contributed by atoms with Gasteiger partial charge in [-0.15, -0.1) is 6.58 Å². The van der Waals surface area contributed by atoms with Crippen LogP contribution in [0, 0.1) is 0 Å². The van der Waals surface area contributed by atoms with Gasteiger partial charge >= 0.3 is 0 Å². The highest BCUT2D eigenvalue weighted by Gasteiger charge is 2.06. The van der Waals surface area contributed by atoms with Crippen molar-refractivity contribution >= 4 is 12.2 Å². The molecule has 11 heavy (non-hydrogen) atoms. The number of rotatable bonds is 5. The van der Waals surface area contributed by atoms with Crippen LogP contribution in [0.3, 0.4) is 0 Å². The second-order valence-corrected chi connectivity index (χ2v) is 2.19. The van der Waals surface area contributed by atoms with Gasteiger partial charge in [-0.1, -0.05) is 13.0 Å². The second kappa shape index (κ2) is 5.65. The van der Waals surface area contributed by atoms with Gasteiger partial charge in [0.25, 0.3) is 0 Å². The van der Waals surface area contributed by atoms with Gasteiger partial charge in [-0.3, -0.25) is 4.79 Å². The van der Waals surface area contributed by atoms with Gasteiger partial charge in [0.15, 0.2) is 0 Å². The molecule has 3 heteroatoms. The average molecular weight is 155 g/mol. The van der Waals surface area contributed by atoms with Crippen LogP contribution in [0.25, 0.3) is 0 Å². The first-order valence-corrected chi connectivity index (χ1v) is 3.60. The van der Waals surface area contributed by atoms with Gasteiger partial charge in [-0.2, -0.15) is 0 Å². The number of aldehydes is 1. The molecule has 0 heterocycles. The Morgan fingerprint density at radius 3 is 2.73 bits per heavy atom. The van der Waals surface area contributed by atoms with Crippen LogP contribution in [-0.2, 0) is 9.59 Å². The van der Waals surface area contributed by atoms with Crippen LogP contribution < -0.4 is 5.32 Å². The third-order valence-electron chi connectivity index (χ3n) is 1.25. The average Bonchev–Trinajstić information content (AvgIpc) is 2.03. The molecular weight excluding hydrogens is 142 g/mol. The van der Waals surface area contributed by atoms with Crippen LogP contribution >= 0.6 is 0 Å². The van der Waals surface area contributed by atoms with Crippen molar-refractivity contribution in [3.63, 3.8) is 0 Å². The van der Waals surface area contributed by atoms with E-state index in [1.54, 1.807) is 13.0 Å². The Bertz CT molecular complexity index is 154. The van der Waals surface area contributed by atoms with Gasteiger partial charge < -0.3 is 10.1 Å². The summed E-state index contributed by atoms with van der Waals surface area (Å²) in [6.07, 6.45) is 3.22. The predicted molar refractivity (Wildman–Crippen MR) is 43.1 cm³/mol. The zero-order valence-corrected chi connectivity index (χ0v) is 6.67. The lowest BCUT2D eigenvalue weighted by Crippen LogP contribution is -2.34. The van der Waals surface area contributed by atoms with Crippen molar-refractivity contribution in [3.05, 3.63) is 12.7 Å². The molecule has 0 aromatic rings. The van der Waals surface area contributed by atoms with E-state index < -0.39 is 6.04 Å². The topological polar surface area (TPSA) is 46.2 Å². The summed E-state index contributed by atoms with van der Waals surface area (Å²) in [5.41, 5.74) is 0. The summed E-state index contributed by atoms with van der Waals surface area (Å²) < 4.78 is 0. The largest absolute Gasteiger partial charge is 0.346 e. The molecule has 0 aromatic heterocycles. The molecule has 0 rings (SSSR count). The molecule has 3 nitrogen and oxygen atoms in total. The standard InChI is InChI=1S/C8H13NO2/c1-3-5-7(6-10)9-8(11)4-2/h3,6-7H,1,4-5H2,2H3,(H,9,11). The van der Waals surface area contributed by atoms with Crippen LogP contribution in [0.5, 0.6) is 0 Å². The summed E-state index contributed by atoms with van der Waals surface area (Å²) in [6.45, 7) is 5.21. The first kappa shape index (κ1) is 9.88. The summed E-state index contributed by atoms with van der Waals surface area (Å²) in [5, 5.41) is 2.54. The normalized spacial score (nSPS) is 11.7. The zero-order valence-electron chi connectivity index (χ0n) is 6.67. The van der Waals surface area contributed by atoms with Crippen molar-refractivity contribution in [1.82, 2.24) is 5.32 Å². The van der Waals surface area contributed by atoms with E-state index in [4.69, 9.17) is 0 Å². The van der Waals surface area contributed by atoms with Gasteiger partial charge in [-0.25, -0.2) is 0 Å². The molecule has 0 radical (unpaired) electrons. The summed E-state index contributed by atoms with van der Waals surface area (Å²) in [7, 11) is 0. The lowest BCUT2D eigenvalue weighted by Gasteiger charge is -2.08. The first-order chi connectivity index (χ1) is 5.24. The van der Waals surface area contributed by atoms with Crippen molar-refractivity contribution in [3.8, 4) is 0 Å². The first-order valence-electron chi connectivity index (χ1n) is 3.60. The third-order valence-corrected chi connectivity index (χ3v) is 1.25. The Morgan fingerprint density at radius 1 is 1.73 bits per heavy atom. The minimum absolute atomic E-state index is 0.107. The van der Waals surface area contributed by atoms with Crippen molar-refractivity contribution in [2.75, 3.05) is 0 Å². The SMILES string of the molecule is C=CCC(C=O)NC(=O)CC. The molecule has 0 saturated heterocycles. The van der Waals surface area contributed by atoms with Gasteiger partial charge in [-0.05, 0) is 6.42 Å². The summed E-state index contributed by atoms with van der Waals surface area (Å²) in [5.74, 6) is -0.107. The molecule has 0 spiro atoms. The lowest BCUT2D eigenvalue weighted by atomic mass is 10.2. The van der Waals surface area contributed by atoms with Crippen molar-refractivity contribution in [1.29, 1.82) is 0 Å². The number of carbonyl (C=O) groups is 2. The second-order valence-electron chi connectivity index (χ2n) is 2.19. The fourth-order valence-corrected chi connectivity index (χ4v) is 0.637. The molecule has 1 amide bonds. The van der Waals surface area contributed by atoms with E-state index in [0.717, 1.165) is 6.29 Å². The number of carbonyl (C=O) groups excluding carboxylic acids is 2. The van der Waals surface area contributed by atoms with Crippen LogP contribution in [-0.4, -0.2) is 18.2 Å². The predicted octanol–water partition coefficient (Wildman–Crippen LogP) is 0.656. The Morgan fingerprint density at radius 2 is 2.36 bits per heavy atom. The van der Waals surface area contributed by atoms with E-state index in [1.165, 1.54) is 0 Å². The van der Waals surface area contributed by atoms with Crippen molar-refractivity contribution in [2.24, 2.45) is 0 Å². The smallest absolute Gasteiger partial charge is 0.220 e.